The first-order valence-corrected chi connectivity index (χ1v) is 5.57. The molecule has 2 heterocycles. The van der Waals surface area contributed by atoms with E-state index < -0.39 is 10.8 Å². The van der Waals surface area contributed by atoms with E-state index in [-0.39, 0.29) is 5.94 Å². The number of rotatable bonds is 0. The van der Waals surface area contributed by atoms with Gasteiger partial charge >= 0.3 is 0 Å². The molecule has 1 aliphatic rings. The van der Waals surface area contributed by atoms with Crippen molar-refractivity contribution in [2.45, 2.75) is 4.90 Å². The molecule has 0 fully saturated rings. The van der Waals surface area contributed by atoms with E-state index >= 15 is 0 Å². The fourth-order valence-corrected chi connectivity index (χ4v) is 2.48. The summed E-state index contributed by atoms with van der Waals surface area (Å²) in [7, 11) is -1.04. The third kappa shape index (κ3) is 0.974. The topological polar surface area (TPSA) is 39.2 Å². The average molecular weight is 205 g/mol. The van der Waals surface area contributed by atoms with Crippen LogP contribution in [0, 0.1) is 0 Å². The average Bonchev–Trinajstić information content (AvgIpc) is 2.61. The molecule has 4 heteroatoms. The van der Waals surface area contributed by atoms with Crippen LogP contribution in [0.15, 0.2) is 35.4 Å². The predicted molar refractivity (Wildman–Crippen MR) is 53.6 cm³/mol. The van der Waals surface area contributed by atoms with Gasteiger partial charge in [0.05, 0.1) is 16.3 Å². The Morgan fingerprint density at radius 3 is 3.14 bits per heavy atom. The van der Waals surface area contributed by atoms with E-state index in [1.54, 1.807) is 6.20 Å². The van der Waals surface area contributed by atoms with Gasteiger partial charge in [0.2, 0.25) is 0 Å². The van der Waals surface area contributed by atoms with Crippen LogP contribution in [-0.4, -0.2) is 15.1 Å². The van der Waals surface area contributed by atoms with E-state index in [2.05, 4.69) is 4.98 Å². The minimum Gasteiger partial charge on any atom is -0.478 e. The van der Waals surface area contributed by atoms with Crippen molar-refractivity contribution in [2.24, 2.45) is 0 Å². The standard InChI is InChI=1S/C10H7NO2S/c12-14-6-13-10-7-3-1-2-4-8(7)11-5-9(10)14/h1-5H,6H2. The van der Waals surface area contributed by atoms with Gasteiger partial charge in [0.25, 0.3) is 0 Å². The Hall–Kier alpha value is -1.42. The molecule has 0 N–H and O–H groups in total. The fraction of sp³-hybridized carbons (Fsp3) is 0.100. The van der Waals surface area contributed by atoms with Gasteiger partial charge in [0, 0.05) is 11.6 Å². The number of para-hydroxylation sites is 1. The molecule has 0 aliphatic carbocycles. The maximum Gasteiger partial charge on any atom is 0.167 e. The highest BCUT2D eigenvalue weighted by Crippen LogP contribution is 2.34. The van der Waals surface area contributed by atoms with Crippen molar-refractivity contribution in [3.8, 4) is 5.75 Å². The van der Waals surface area contributed by atoms with Gasteiger partial charge in [0.15, 0.2) is 5.94 Å². The van der Waals surface area contributed by atoms with E-state index in [9.17, 15) is 4.21 Å². The van der Waals surface area contributed by atoms with Gasteiger partial charge in [-0.2, -0.15) is 0 Å². The summed E-state index contributed by atoms with van der Waals surface area (Å²) in [5.74, 6) is 0.985. The minimum absolute atomic E-state index is 0.255. The molecule has 1 unspecified atom stereocenters. The molecule has 0 amide bonds. The predicted octanol–water partition coefficient (Wildman–Crippen LogP) is 1.69. The van der Waals surface area contributed by atoms with Gasteiger partial charge < -0.3 is 4.74 Å². The lowest BCUT2D eigenvalue weighted by Crippen LogP contribution is -1.91. The lowest BCUT2D eigenvalue weighted by atomic mass is 10.2. The van der Waals surface area contributed by atoms with E-state index in [0.29, 0.717) is 4.90 Å². The Balaban J connectivity index is 2.44. The molecular formula is C10H7NO2S. The SMILES string of the molecule is O=S1COc2c1cnc1ccccc21. The Morgan fingerprint density at radius 2 is 2.21 bits per heavy atom. The molecule has 0 saturated carbocycles. The number of aromatic nitrogens is 1. The summed E-state index contributed by atoms with van der Waals surface area (Å²) >= 11 is 0. The molecule has 3 nitrogen and oxygen atoms in total. The smallest absolute Gasteiger partial charge is 0.167 e. The van der Waals surface area contributed by atoms with Crippen molar-refractivity contribution in [3.63, 3.8) is 0 Å². The zero-order chi connectivity index (χ0) is 9.54. The number of hydrogen-bond donors (Lipinski definition) is 0. The van der Waals surface area contributed by atoms with Gasteiger partial charge in [-0.3, -0.25) is 9.19 Å². The second-order valence-corrected chi connectivity index (χ2v) is 4.44. The van der Waals surface area contributed by atoms with Crippen molar-refractivity contribution < 1.29 is 8.95 Å². The Morgan fingerprint density at radius 1 is 1.36 bits per heavy atom. The molecule has 1 aromatic carbocycles. The maximum absolute atomic E-state index is 11.5. The third-order valence-corrected chi connectivity index (χ3v) is 3.36. The van der Waals surface area contributed by atoms with Gasteiger partial charge in [-0.25, -0.2) is 0 Å². The molecule has 2 aromatic rings. The van der Waals surface area contributed by atoms with E-state index in [1.807, 2.05) is 24.3 Å². The maximum atomic E-state index is 11.5. The van der Waals surface area contributed by atoms with Crippen molar-refractivity contribution >= 4 is 21.7 Å². The van der Waals surface area contributed by atoms with Gasteiger partial charge in [-0.1, -0.05) is 12.1 Å². The quantitative estimate of drug-likeness (QED) is 0.657. The third-order valence-electron chi connectivity index (χ3n) is 2.25. The van der Waals surface area contributed by atoms with Crippen LogP contribution < -0.4 is 4.74 Å². The zero-order valence-corrected chi connectivity index (χ0v) is 8.08. The molecule has 0 radical (unpaired) electrons. The van der Waals surface area contributed by atoms with Crippen LogP contribution in [0.4, 0.5) is 0 Å². The molecule has 3 rings (SSSR count). The van der Waals surface area contributed by atoms with Crippen LogP contribution in [0.25, 0.3) is 10.9 Å². The lowest BCUT2D eigenvalue weighted by Gasteiger charge is -2.01. The number of nitrogens with zero attached hydrogens (tertiary/aromatic N) is 1. The van der Waals surface area contributed by atoms with Gasteiger partial charge in [-0.15, -0.1) is 0 Å². The second-order valence-electron chi connectivity index (χ2n) is 3.08. The van der Waals surface area contributed by atoms with Crippen molar-refractivity contribution in [3.05, 3.63) is 30.5 Å². The molecule has 0 bridgehead atoms. The van der Waals surface area contributed by atoms with Gasteiger partial charge in [0.1, 0.15) is 10.6 Å². The lowest BCUT2D eigenvalue weighted by molar-refractivity contribution is 0.399. The van der Waals surface area contributed by atoms with Crippen LogP contribution >= 0.6 is 0 Å². The molecule has 1 aromatic heterocycles. The summed E-state index contributed by atoms with van der Waals surface area (Å²) in [4.78, 5) is 4.94. The van der Waals surface area contributed by atoms with E-state index in [1.165, 1.54) is 0 Å². The molecule has 14 heavy (non-hydrogen) atoms. The van der Waals surface area contributed by atoms with Crippen LogP contribution in [-0.2, 0) is 10.8 Å². The zero-order valence-electron chi connectivity index (χ0n) is 7.27. The number of hydrogen-bond acceptors (Lipinski definition) is 3. The summed E-state index contributed by atoms with van der Waals surface area (Å²) in [6.07, 6.45) is 1.64. The number of fused-ring (bicyclic) bond motifs is 3. The second kappa shape index (κ2) is 2.78. The summed E-state index contributed by atoms with van der Waals surface area (Å²) in [5, 5.41) is 0.941. The molecule has 1 atom stereocenters. The highest BCUT2D eigenvalue weighted by Gasteiger charge is 2.22. The van der Waals surface area contributed by atoms with Gasteiger partial charge in [-0.05, 0) is 12.1 Å². The molecule has 70 valence electrons. The first-order chi connectivity index (χ1) is 6.86. The fourth-order valence-electron chi connectivity index (χ4n) is 1.58. The highest BCUT2D eigenvalue weighted by atomic mass is 32.2. The highest BCUT2D eigenvalue weighted by molar-refractivity contribution is 7.85. The van der Waals surface area contributed by atoms with Crippen molar-refractivity contribution in [1.82, 2.24) is 4.98 Å². The van der Waals surface area contributed by atoms with Crippen LogP contribution in [0.1, 0.15) is 0 Å². The van der Waals surface area contributed by atoms with E-state index in [4.69, 9.17) is 4.74 Å². The molecule has 1 aliphatic heterocycles. The largest absolute Gasteiger partial charge is 0.478 e. The molecular weight excluding hydrogens is 198 g/mol. The first kappa shape index (κ1) is 7.94. The number of pyridine rings is 1. The number of ether oxygens (including phenoxy) is 1. The Labute approximate surface area is 83.2 Å². The van der Waals surface area contributed by atoms with E-state index in [0.717, 1.165) is 16.7 Å². The summed E-state index contributed by atoms with van der Waals surface area (Å²) < 4.78 is 16.8. The summed E-state index contributed by atoms with van der Waals surface area (Å²) in [6.45, 7) is 0. The molecule has 0 saturated heterocycles. The van der Waals surface area contributed by atoms with Crippen molar-refractivity contribution in [1.29, 1.82) is 0 Å². The normalized spacial score (nSPS) is 19.3. The van der Waals surface area contributed by atoms with Crippen molar-refractivity contribution in [2.75, 3.05) is 5.94 Å². The first-order valence-electron chi connectivity index (χ1n) is 4.25. The monoisotopic (exact) mass is 205 g/mol. The van der Waals surface area contributed by atoms with Crippen LogP contribution in [0.3, 0.4) is 0 Å². The minimum atomic E-state index is -1.04. The number of benzene rings is 1. The summed E-state index contributed by atoms with van der Waals surface area (Å²) in [6, 6.07) is 7.70. The Kier molecular flexibility index (Phi) is 1.58. The molecule has 0 spiro atoms. The Bertz CT molecular complexity index is 539. The van der Waals surface area contributed by atoms with Crippen LogP contribution in [0.2, 0.25) is 0 Å². The van der Waals surface area contributed by atoms with Crippen LogP contribution in [0.5, 0.6) is 5.75 Å². The summed E-state index contributed by atoms with van der Waals surface area (Å²) in [5.41, 5.74) is 0.880.